The number of ether oxygens (including phenoxy) is 1. The van der Waals surface area contributed by atoms with E-state index in [1.807, 2.05) is 0 Å². The van der Waals surface area contributed by atoms with Crippen molar-refractivity contribution in [3.63, 3.8) is 0 Å². The van der Waals surface area contributed by atoms with Gasteiger partial charge in [0.2, 0.25) is 0 Å². The molecule has 2 rings (SSSR count). The highest BCUT2D eigenvalue weighted by Gasteiger charge is 2.14. The van der Waals surface area contributed by atoms with Crippen LogP contribution in [0.4, 0.5) is 5.69 Å². The molecule has 0 aliphatic heterocycles. The second-order valence-corrected chi connectivity index (χ2v) is 4.06. The number of nitrogens with two attached hydrogens (primary N) is 2. The number of anilines is 1. The summed E-state index contributed by atoms with van der Waals surface area (Å²) in [6.45, 7) is 0. The normalized spacial score (nSPS) is 10.1. The van der Waals surface area contributed by atoms with Gasteiger partial charge in [0.05, 0.1) is 5.02 Å². The molecule has 2 aromatic carbocycles. The predicted molar refractivity (Wildman–Crippen MR) is 70.9 cm³/mol. The van der Waals surface area contributed by atoms with E-state index in [2.05, 4.69) is 0 Å². The maximum absolute atomic E-state index is 11.3. The number of primary amides is 1. The molecule has 0 bridgehead atoms. The number of carbonyl (C=O) groups is 1. The topological polar surface area (TPSA) is 78.3 Å². The Labute approximate surface area is 109 Å². The first kappa shape index (κ1) is 12.3. The first-order valence-corrected chi connectivity index (χ1v) is 5.57. The average Bonchev–Trinajstić information content (AvgIpc) is 2.32. The van der Waals surface area contributed by atoms with E-state index >= 15 is 0 Å². The average molecular weight is 263 g/mol. The van der Waals surface area contributed by atoms with Gasteiger partial charge < -0.3 is 16.2 Å². The molecule has 1 amide bonds. The summed E-state index contributed by atoms with van der Waals surface area (Å²) in [5, 5.41) is 0.260. The zero-order valence-corrected chi connectivity index (χ0v) is 10.1. The standard InChI is InChI=1S/C13H11ClN2O2/c14-10-2-1-3-11(12(10)13(16)17)18-9-6-4-8(15)5-7-9/h1-7H,15H2,(H2,16,17). The monoisotopic (exact) mass is 262 g/mol. The quantitative estimate of drug-likeness (QED) is 0.835. The molecule has 0 fully saturated rings. The van der Waals surface area contributed by atoms with Crippen LogP contribution in [-0.4, -0.2) is 5.91 Å². The van der Waals surface area contributed by atoms with Crippen molar-refractivity contribution >= 4 is 23.2 Å². The highest BCUT2D eigenvalue weighted by Crippen LogP contribution is 2.30. The van der Waals surface area contributed by atoms with E-state index < -0.39 is 5.91 Å². The number of rotatable bonds is 3. The summed E-state index contributed by atoms with van der Waals surface area (Å²) in [6.07, 6.45) is 0. The Hall–Kier alpha value is -2.20. The first-order chi connectivity index (χ1) is 8.58. The molecular formula is C13H11ClN2O2. The third-order valence-corrected chi connectivity index (χ3v) is 2.64. The molecule has 0 aliphatic carbocycles. The van der Waals surface area contributed by atoms with E-state index in [9.17, 15) is 4.79 Å². The molecule has 18 heavy (non-hydrogen) atoms. The van der Waals surface area contributed by atoms with Crippen molar-refractivity contribution in [2.75, 3.05) is 5.73 Å². The number of halogens is 1. The fourth-order valence-electron chi connectivity index (χ4n) is 1.49. The van der Waals surface area contributed by atoms with Crippen LogP contribution in [0.2, 0.25) is 5.02 Å². The molecule has 4 N–H and O–H groups in total. The molecule has 0 saturated heterocycles. The Morgan fingerprint density at radius 3 is 2.39 bits per heavy atom. The maximum atomic E-state index is 11.3. The molecule has 4 nitrogen and oxygen atoms in total. The molecule has 0 aromatic heterocycles. The van der Waals surface area contributed by atoms with Gasteiger partial charge in [0, 0.05) is 5.69 Å². The number of hydrogen-bond donors (Lipinski definition) is 2. The molecule has 2 aromatic rings. The van der Waals surface area contributed by atoms with E-state index in [0.717, 1.165) is 0 Å². The molecule has 0 aliphatic rings. The lowest BCUT2D eigenvalue weighted by atomic mass is 10.2. The summed E-state index contributed by atoms with van der Waals surface area (Å²) in [5.74, 6) is 0.236. The van der Waals surface area contributed by atoms with Crippen molar-refractivity contribution in [3.8, 4) is 11.5 Å². The zero-order chi connectivity index (χ0) is 13.1. The van der Waals surface area contributed by atoms with Crippen LogP contribution in [0.15, 0.2) is 42.5 Å². The minimum atomic E-state index is -0.633. The van der Waals surface area contributed by atoms with Gasteiger partial charge in [0.1, 0.15) is 17.1 Å². The van der Waals surface area contributed by atoms with E-state index in [-0.39, 0.29) is 10.6 Å². The first-order valence-electron chi connectivity index (χ1n) is 5.19. The molecule has 0 unspecified atom stereocenters. The highest BCUT2D eigenvalue weighted by atomic mass is 35.5. The van der Waals surface area contributed by atoms with Gasteiger partial charge in [-0.2, -0.15) is 0 Å². The van der Waals surface area contributed by atoms with E-state index in [4.69, 9.17) is 27.8 Å². The summed E-state index contributed by atoms with van der Waals surface area (Å²) in [5.41, 5.74) is 11.6. The van der Waals surface area contributed by atoms with Crippen molar-refractivity contribution in [1.29, 1.82) is 0 Å². The van der Waals surface area contributed by atoms with Gasteiger partial charge in [-0.1, -0.05) is 17.7 Å². The molecule has 0 radical (unpaired) electrons. The fourth-order valence-corrected chi connectivity index (χ4v) is 1.75. The Balaban J connectivity index is 2.37. The van der Waals surface area contributed by atoms with Crippen molar-refractivity contribution in [2.45, 2.75) is 0 Å². The van der Waals surface area contributed by atoms with Gasteiger partial charge in [-0.05, 0) is 36.4 Å². The second kappa shape index (κ2) is 4.98. The van der Waals surface area contributed by atoms with Crippen molar-refractivity contribution in [1.82, 2.24) is 0 Å². The zero-order valence-electron chi connectivity index (χ0n) is 9.39. The number of hydrogen-bond acceptors (Lipinski definition) is 3. The van der Waals surface area contributed by atoms with Gasteiger partial charge in [-0.25, -0.2) is 0 Å². The third kappa shape index (κ3) is 2.55. The molecule has 5 heteroatoms. The van der Waals surface area contributed by atoms with Gasteiger partial charge in [-0.15, -0.1) is 0 Å². The summed E-state index contributed by atoms with van der Waals surface area (Å²) in [7, 11) is 0. The van der Waals surface area contributed by atoms with Crippen molar-refractivity contribution in [2.24, 2.45) is 5.73 Å². The van der Waals surface area contributed by atoms with E-state index in [0.29, 0.717) is 17.2 Å². The molecule has 0 saturated carbocycles. The number of nitrogen functional groups attached to an aromatic ring is 1. The fraction of sp³-hybridized carbons (Fsp3) is 0. The van der Waals surface area contributed by atoms with Crippen LogP contribution in [0.3, 0.4) is 0 Å². The van der Waals surface area contributed by atoms with Crippen LogP contribution in [0.25, 0.3) is 0 Å². The third-order valence-electron chi connectivity index (χ3n) is 2.33. The van der Waals surface area contributed by atoms with Gasteiger partial charge in [0.25, 0.3) is 5.91 Å². The number of carbonyl (C=O) groups excluding carboxylic acids is 1. The maximum Gasteiger partial charge on any atom is 0.254 e. The molecule has 0 heterocycles. The van der Waals surface area contributed by atoms with Crippen molar-refractivity contribution in [3.05, 3.63) is 53.1 Å². The van der Waals surface area contributed by atoms with Crippen LogP contribution < -0.4 is 16.2 Å². The SMILES string of the molecule is NC(=O)c1c(Cl)cccc1Oc1ccc(N)cc1. The van der Waals surface area contributed by atoms with E-state index in [1.165, 1.54) is 0 Å². The van der Waals surface area contributed by atoms with Gasteiger partial charge in [0.15, 0.2) is 0 Å². The summed E-state index contributed by atoms with van der Waals surface area (Å²) in [4.78, 5) is 11.3. The minimum absolute atomic E-state index is 0.163. The molecule has 92 valence electrons. The largest absolute Gasteiger partial charge is 0.456 e. The Bertz CT molecular complexity index is 582. The van der Waals surface area contributed by atoms with E-state index in [1.54, 1.807) is 42.5 Å². The summed E-state index contributed by atoms with van der Waals surface area (Å²) in [6, 6.07) is 11.7. The molecular weight excluding hydrogens is 252 g/mol. The predicted octanol–water partition coefficient (Wildman–Crippen LogP) is 2.81. The second-order valence-electron chi connectivity index (χ2n) is 3.65. The van der Waals surface area contributed by atoms with Crippen LogP contribution >= 0.6 is 11.6 Å². The summed E-state index contributed by atoms with van der Waals surface area (Å²) >= 11 is 5.92. The minimum Gasteiger partial charge on any atom is -0.456 e. The highest BCUT2D eigenvalue weighted by molar-refractivity contribution is 6.34. The molecule has 0 spiro atoms. The smallest absolute Gasteiger partial charge is 0.254 e. The summed E-state index contributed by atoms with van der Waals surface area (Å²) < 4.78 is 5.57. The van der Waals surface area contributed by atoms with Crippen LogP contribution in [0, 0.1) is 0 Å². The van der Waals surface area contributed by atoms with Gasteiger partial charge >= 0.3 is 0 Å². The lowest BCUT2D eigenvalue weighted by Crippen LogP contribution is -2.12. The number of benzene rings is 2. The van der Waals surface area contributed by atoms with Crippen molar-refractivity contribution < 1.29 is 9.53 Å². The number of amides is 1. The molecule has 0 atom stereocenters. The lowest BCUT2D eigenvalue weighted by Gasteiger charge is -2.10. The van der Waals surface area contributed by atoms with Gasteiger partial charge in [-0.3, -0.25) is 4.79 Å². The van der Waals surface area contributed by atoms with Crippen LogP contribution in [0.1, 0.15) is 10.4 Å². The Morgan fingerprint density at radius 1 is 1.11 bits per heavy atom. The Kier molecular flexibility index (Phi) is 3.39. The Morgan fingerprint density at radius 2 is 1.78 bits per heavy atom. The van der Waals surface area contributed by atoms with Crippen LogP contribution in [0.5, 0.6) is 11.5 Å². The lowest BCUT2D eigenvalue weighted by molar-refractivity contribution is 0.0998. The van der Waals surface area contributed by atoms with Crippen LogP contribution in [-0.2, 0) is 0 Å².